The van der Waals surface area contributed by atoms with Crippen molar-refractivity contribution in [3.05, 3.63) is 111 Å². The zero-order valence-electron chi connectivity index (χ0n) is 19.6. The first-order chi connectivity index (χ1) is 17.5. The molecule has 2 amide bonds. The van der Waals surface area contributed by atoms with Crippen LogP contribution in [0.2, 0.25) is 0 Å². The van der Waals surface area contributed by atoms with Crippen molar-refractivity contribution in [3.63, 3.8) is 0 Å². The fourth-order valence-corrected chi connectivity index (χ4v) is 4.44. The van der Waals surface area contributed by atoms with Gasteiger partial charge in [0.1, 0.15) is 5.70 Å². The summed E-state index contributed by atoms with van der Waals surface area (Å²) in [7, 11) is 0. The number of piperidine rings is 1. The summed E-state index contributed by atoms with van der Waals surface area (Å²) >= 11 is 3.38. The number of nitrogens with one attached hydrogen (secondary N) is 1. The number of halogens is 4. The quantitative estimate of drug-likeness (QED) is 0.382. The molecule has 9 heteroatoms. The molecular formula is C28H24BrF3N2O3. The Kier molecular flexibility index (Phi) is 7.85. The molecule has 0 radical (unpaired) electrons. The number of benzene rings is 3. The van der Waals surface area contributed by atoms with Crippen molar-refractivity contribution in [1.82, 2.24) is 10.2 Å². The molecule has 3 aromatic rings. The van der Waals surface area contributed by atoms with E-state index >= 15 is 0 Å². The normalized spacial score (nSPS) is 15.8. The van der Waals surface area contributed by atoms with Crippen LogP contribution < -0.4 is 5.32 Å². The molecule has 3 aromatic carbocycles. The van der Waals surface area contributed by atoms with Crippen molar-refractivity contribution in [1.29, 1.82) is 0 Å². The number of amides is 2. The molecule has 0 aliphatic carbocycles. The van der Waals surface area contributed by atoms with Crippen LogP contribution in [0.25, 0.3) is 6.08 Å². The van der Waals surface area contributed by atoms with Crippen LogP contribution in [-0.2, 0) is 16.6 Å². The lowest BCUT2D eigenvalue weighted by Crippen LogP contribution is -2.47. The molecule has 0 aromatic heterocycles. The molecule has 0 unspecified atom stereocenters. The van der Waals surface area contributed by atoms with E-state index in [0.29, 0.717) is 18.4 Å². The Hall–Kier alpha value is -3.43. The molecule has 1 aliphatic heterocycles. The third kappa shape index (κ3) is 6.47. The van der Waals surface area contributed by atoms with Gasteiger partial charge in [-0.25, -0.2) is 0 Å². The van der Waals surface area contributed by atoms with Gasteiger partial charge in [0.25, 0.3) is 11.8 Å². The summed E-state index contributed by atoms with van der Waals surface area (Å²) in [6.45, 7) is 0.515. The van der Waals surface area contributed by atoms with Crippen LogP contribution in [0.15, 0.2) is 89.0 Å². The van der Waals surface area contributed by atoms with Crippen molar-refractivity contribution in [2.45, 2.75) is 24.6 Å². The van der Waals surface area contributed by atoms with Crippen LogP contribution in [0.4, 0.5) is 13.2 Å². The Morgan fingerprint density at radius 3 is 2.08 bits per heavy atom. The van der Waals surface area contributed by atoms with Gasteiger partial charge in [0, 0.05) is 23.1 Å². The van der Waals surface area contributed by atoms with Crippen molar-refractivity contribution < 1.29 is 27.9 Å². The molecule has 192 valence electrons. The molecule has 1 saturated heterocycles. The second-order valence-corrected chi connectivity index (χ2v) is 9.74. The summed E-state index contributed by atoms with van der Waals surface area (Å²) in [5.41, 5.74) is -0.537. The minimum absolute atomic E-state index is 0.00909. The van der Waals surface area contributed by atoms with Crippen molar-refractivity contribution in [2.24, 2.45) is 0 Å². The highest BCUT2D eigenvalue weighted by Crippen LogP contribution is 2.34. The molecule has 1 fully saturated rings. The van der Waals surface area contributed by atoms with Gasteiger partial charge in [-0.05, 0) is 66.4 Å². The van der Waals surface area contributed by atoms with E-state index in [0.717, 1.165) is 34.3 Å². The van der Waals surface area contributed by atoms with Crippen LogP contribution in [0.5, 0.6) is 0 Å². The molecule has 37 heavy (non-hydrogen) atoms. The summed E-state index contributed by atoms with van der Waals surface area (Å²) in [4.78, 5) is 27.9. The molecule has 2 N–H and O–H groups in total. The second kappa shape index (κ2) is 10.9. The monoisotopic (exact) mass is 572 g/mol. The first-order valence-corrected chi connectivity index (χ1v) is 12.4. The molecule has 0 spiro atoms. The number of carbonyl (C=O) groups excluding carboxylic acids is 2. The maximum atomic E-state index is 13.5. The Balaban J connectivity index is 1.52. The SMILES string of the molecule is O=C(NC(=Cc1ccccc1)C(=O)N1CCC(O)(c2ccc(Br)cc2)CC1)c1ccc(C(F)(F)F)cc1. The minimum Gasteiger partial charge on any atom is -0.385 e. The van der Waals surface area contributed by atoms with E-state index in [1.807, 2.05) is 30.3 Å². The van der Waals surface area contributed by atoms with Gasteiger partial charge in [0.05, 0.1) is 11.2 Å². The zero-order chi connectivity index (χ0) is 26.6. The largest absolute Gasteiger partial charge is 0.416 e. The molecule has 0 saturated carbocycles. The topological polar surface area (TPSA) is 69.6 Å². The maximum absolute atomic E-state index is 13.5. The van der Waals surface area contributed by atoms with Gasteiger partial charge < -0.3 is 15.3 Å². The van der Waals surface area contributed by atoms with Gasteiger partial charge in [-0.15, -0.1) is 0 Å². The maximum Gasteiger partial charge on any atom is 0.416 e. The van der Waals surface area contributed by atoms with E-state index in [1.165, 1.54) is 6.08 Å². The highest BCUT2D eigenvalue weighted by molar-refractivity contribution is 9.10. The Morgan fingerprint density at radius 1 is 0.919 bits per heavy atom. The van der Waals surface area contributed by atoms with Crippen LogP contribution in [0, 0.1) is 0 Å². The van der Waals surface area contributed by atoms with E-state index in [-0.39, 0.29) is 24.4 Å². The van der Waals surface area contributed by atoms with Gasteiger partial charge in [0.2, 0.25) is 0 Å². The molecule has 0 bridgehead atoms. The molecule has 5 nitrogen and oxygen atoms in total. The van der Waals surface area contributed by atoms with E-state index < -0.39 is 29.2 Å². The van der Waals surface area contributed by atoms with Gasteiger partial charge >= 0.3 is 6.18 Å². The fraction of sp³-hybridized carbons (Fsp3) is 0.214. The number of aliphatic hydroxyl groups is 1. The van der Waals surface area contributed by atoms with E-state index in [2.05, 4.69) is 21.2 Å². The number of likely N-dealkylation sites (tertiary alicyclic amines) is 1. The van der Waals surface area contributed by atoms with E-state index in [4.69, 9.17) is 0 Å². The summed E-state index contributed by atoms with van der Waals surface area (Å²) < 4.78 is 39.6. The lowest BCUT2D eigenvalue weighted by Gasteiger charge is -2.38. The van der Waals surface area contributed by atoms with Crippen molar-refractivity contribution in [2.75, 3.05) is 13.1 Å². The highest BCUT2D eigenvalue weighted by Gasteiger charge is 2.36. The first kappa shape index (κ1) is 26.6. The summed E-state index contributed by atoms with van der Waals surface area (Å²) in [5, 5.41) is 13.7. The zero-order valence-corrected chi connectivity index (χ0v) is 21.2. The number of alkyl halides is 3. The standard InChI is InChI=1S/C28H24BrF3N2O3/c29-23-12-10-21(11-13-23)27(37)14-16-34(17-15-27)26(36)24(18-19-4-2-1-3-5-19)33-25(35)20-6-8-22(9-7-20)28(30,31)32/h1-13,18,37H,14-17H2,(H,33,35). The minimum atomic E-state index is -4.52. The summed E-state index contributed by atoms with van der Waals surface area (Å²) in [6, 6.07) is 20.1. The lowest BCUT2D eigenvalue weighted by molar-refractivity contribution is -0.137. The average Bonchev–Trinajstić information content (AvgIpc) is 2.89. The van der Waals surface area contributed by atoms with E-state index in [9.17, 15) is 27.9 Å². The average molecular weight is 573 g/mol. The van der Waals surface area contributed by atoms with Crippen molar-refractivity contribution in [3.8, 4) is 0 Å². The smallest absolute Gasteiger partial charge is 0.385 e. The molecule has 1 aliphatic rings. The predicted octanol–water partition coefficient (Wildman–Crippen LogP) is 5.75. The van der Waals surface area contributed by atoms with Gasteiger partial charge in [0.15, 0.2) is 0 Å². The molecule has 1 heterocycles. The predicted molar refractivity (Wildman–Crippen MR) is 137 cm³/mol. The molecule has 4 rings (SSSR count). The number of hydrogen-bond donors (Lipinski definition) is 2. The number of nitrogens with zero attached hydrogens (tertiary/aromatic N) is 1. The number of carbonyl (C=O) groups is 2. The van der Waals surface area contributed by atoms with Crippen LogP contribution in [-0.4, -0.2) is 34.9 Å². The summed E-state index contributed by atoms with van der Waals surface area (Å²) in [6.07, 6.45) is -2.37. The van der Waals surface area contributed by atoms with Crippen LogP contribution in [0.1, 0.15) is 39.9 Å². The highest BCUT2D eigenvalue weighted by atomic mass is 79.9. The van der Waals surface area contributed by atoms with Gasteiger partial charge in [-0.2, -0.15) is 13.2 Å². The van der Waals surface area contributed by atoms with Crippen molar-refractivity contribution >= 4 is 33.8 Å². The number of rotatable bonds is 5. The summed E-state index contributed by atoms with van der Waals surface area (Å²) in [5.74, 6) is -1.14. The Labute approximate surface area is 220 Å². The second-order valence-electron chi connectivity index (χ2n) is 8.83. The van der Waals surface area contributed by atoms with Crippen LogP contribution >= 0.6 is 15.9 Å². The Bertz CT molecular complexity index is 1280. The third-order valence-electron chi connectivity index (χ3n) is 6.32. The first-order valence-electron chi connectivity index (χ1n) is 11.6. The van der Waals surface area contributed by atoms with E-state index in [1.54, 1.807) is 29.2 Å². The fourth-order valence-electron chi connectivity index (χ4n) is 4.17. The number of hydrogen-bond acceptors (Lipinski definition) is 3. The molecule has 0 atom stereocenters. The van der Waals surface area contributed by atoms with Gasteiger partial charge in [-0.3, -0.25) is 9.59 Å². The van der Waals surface area contributed by atoms with Gasteiger partial charge in [-0.1, -0.05) is 58.4 Å². The Morgan fingerprint density at radius 2 is 1.51 bits per heavy atom. The van der Waals surface area contributed by atoms with Crippen LogP contribution in [0.3, 0.4) is 0 Å². The molecular weight excluding hydrogens is 549 g/mol. The lowest BCUT2D eigenvalue weighted by atomic mass is 9.84. The third-order valence-corrected chi connectivity index (χ3v) is 6.85.